The number of halogens is 1. The number of nitrogens with one attached hydrogen (secondary N) is 1. The highest BCUT2D eigenvalue weighted by Crippen LogP contribution is 1.55. The summed E-state index contributed by atoms with van der Waals surface area (Å²) in [6, 6.07) is 0. The molecule has 1 nitrogen and oxygen atoms in total. The largest absolute Gasteiger partial charge is 0.317 e. The minimum absolute atomic E-state index is 0.267. The predicted octanol–water partition coefficient (Wildman–Crippen LogP) is 0.175. The molecular weight excluding hydrogens is 69.0 g/mol. The van der Waals surface area contributed by atoms with Crippen molar-refractivity contribution in [3.63, 3.8) is 0 Å². The number of rotatable bonds is 2. The molecule has 5 heavy (non-hydrogen) atoms. The SMILES string of the molecule is CNCCF. The van der Waals surface area contributed by atoms with E-state index in [0.29, 0.717) is 6.54 Å². The average molecular weight is 77.1 g/mol. The standard InChI is InChI=1S/C3H8FN/c1-5-3-2-4/h5H,2-3H2,1H3. The van der Waals surface area contributed by atoms with Crippen LogP contribution in [0.25, 0.3) is 0 Å². The zero-order valence-corrected chi connectivity index (χ0v) is 3.29. The molecule has 1 N–H and O–H groups in total. The van der Waals surface area contributed by atoms with E-state index in [1.165, 1.54) is 0 Å². The van der Waals surface area contributed by atoms with Gasteiger partial charge >= 0.3 is 0 Å². The summed E-state index contributed by atoms with van der Waals surface area (Å²) in [6.45, 7) is 0.205. The first-order valence-corrected chi connectivity index (χ1v) is 1.62. The fourth-order valence-electron chi connectivity index (χ4n) is 0.0945. The lowest BCUT2D eigenvalue weighted by atomic mass is 10.7. The van der Waals surface area contributed by atoms with E-state index in [1.807, 2.05) is 0 Å². The van der Waals surface area contributed by atoms with Gasteiger partial charge in [0, 0.05) is 6.54 Å². The maximum absolute atomic E-state index is 10.9. The van der Waals surface area contributed by atoms with E-state index < -0.39 is 0 Å². The van der Waals surface area contributed by atoms with E-state index in [4.69, 9.17) is 0 Å². The van der Waals surface area contributed by atoms with Gasteiger partial charge in [-0.1, -0.05) is 0 Å². The van der Waals surface area contributed by atoms with Crippen LogP contribution in [0, 0.1) is 0 Å². The highest BCUT2D eigenvalue weighted by molar-refractivity contribution is 4.28. The molecule has 0 aliphatic rings. The quantitative estimate of drug-likeness (QED) is 0.495. The van der Waals surface area contributed by atoms with E-state index >= 15 is 0 Å². The van der Waals surface area contributed by atoms with Crippen molar-refractivity contribution in [2.45, 2.75) is 0 Å². The monoisotopic (exact) mass is 77.1 g/mol. The van der Waals surface area contributed by atoms with Gasteiger partial charge in [-0.05, 0) is 7.05 Å². The Morgan fingerprint density at radius 3 is 2.40 bits per heavy atom. The van der Waals surface area contributed by atoms with E-state index in [2.05, 4.69) is 5.32 Å². The molecule has 0 aliphatic carbocycles. The molecule has 0 amide bonds. The second-order valence-corrected chi connectivity index (χ2v) is 0.793. The molecule has 0 radical (unpaired) electrons. The summed E-state index contributed by atoms with van der Waals surface area (Å²) in [7, 11) is 1.72. The lowest BCUT2D eigenvalue weighted by molar-refractivity contribution is 0.481. The van der Waals surface area contributed by atoms with Crippen molar-refractivity contribution >= 4 is 0 Å². The van der Waals surface area contributed by atoms with Crippen molar-refractivity contribution in [3.8, 4) is 0 Å². The first-order chi connectivity index (χ1) is 2.41. The van der Waals surface area contributed by atoms with E-state index in [0.717, 1.165) is 0 Å². The molecule has 0 heterocycles. The van der Waals surface area contributed by atoms with E-state index in [1.54, 1.807) is 7.05 Å². The molecule has 32 valence electrons. The summed E-state index contributed by atoms with van der Waals surface area (Å²) in [5.41, 5.74) is 0. The molecule has 0 atom stereocenters. The summed E-state index contributed by atoms with van der Waals surface area (Å²) >= 11 is 0. The smallest absolute Gasteiger partial charge is 0.102 e. The van der Waals surface area contributed by atoms with E-state index in [-0.39, 0.29) is 6.67 Å². The molecule has 0 saturated heterocycles. The molecule has 0 rings (SSSR count). The maximum atomic E-state index is 10.9. The van der Waals surface area contributed by atoms with Gasteiger partial charge in [0.1, 0.15) is 6.67 Å². The van der Waals surface area contributed by atoms with Crippen LogP contribution < -0.4 is 5.32 Å². The lowest BCUT2D eigenvalue weighted by Gasteiger charge is -1.82. The zero-order valence-electron chi connectivity index (χ0n) is 3.29. The Labute approximate surface area is 31.2 Å². The Balaban J connectivity index is 2.19. The van der Waals surface area contributed by atoms with Gasteiger partial charge in [-0.2, -0.15) is 0 Å². The molecule has 0 unspecified atom stereocenters. The van der Waals surface area contributed by atoms with Crippen LogP contribution in [-0.2, 0) is 0 Å². The fraction of sp³-hybridized carbons (Fsp3) is 1.00. The predicted molar refractivity (Wildman–Crippen MR) is 19.9 cm³/mol. The average Bonchev–Trinajstić information content (AvgIpc) is 1.41. The topological polar surface area (TPSA) is 12.0 Å². The molecule has 0 aromatic heterocycles. The molecule has 0 spiro atoms. The van der Waals surface area contributed by atoms with Crippen molar-refractivity contribution in [3.05, 3.63) is 0 Å². The van der Waals surface area contributed by atoms with Crippen molar-refractivity contribution in [1.29, 1.82) is 0 Å². The molecule has 0 fully saturated rings. The minimum atomic E-state index is -0.267. The molecule has 0 aliphatic heterocycles. The highest BCUT2D eigenvalue weighted by atomic mass is 19.1. The van der Waals surface area contributed by atoms with Gasteiger partial charge in [-0.3, -0.25) is 0 Å². The fourth-order valence-corrected chi connectivity index (χ4v) is 0.0945. The van der Waals surface area contributed by atoms with Gasteiger partial charge in [0.2, 0.25) is 0 Å². The van der Waals surface area contributed by atoms with Crippen LogP contribution in [0.3, 0.4) is 0 Å². The molecule has 0 aromatic rings. The molecule has 2 heteroatoms. The molecule has 0 bridgehead atoms. The number of hydrogen-bond acceptors (Lipinski definition) is 1. The summed E-state index contributed by atoms with van der Waals surface area (Å²) in [5.74, 6) is 0. The first-order valence-electron chi connectivity index (χ1n) is 1.62. The molecular formula is C3H8FN. The van der Waals surface area contributed by atoms with Gasteiger partial charge in [-0.25, -0.2) is 4.39 Å². The molecule has 0 saturated carbocycles. The van der Waals surface area contributed by atoms with Gasteiger partial charge in [-0.15, -0.1) is 0 Å². The Bertz CT molecular complexity index is 14.4. The third-order valence-corrected chi connectivity index (χ3v) is 0.344. The van der Waals surface area contributed by atoms with Crippen LogP contribution in [0.4, 0.5) is 4.39 Å². The third kappa shape index (κ3) is 3.89. The summed E-state index contributed by atoms with van der Waals surface area (Å²) in [4.78, 5) is 0. The van der Waals surface area contributed by atoms with Crippen molar-refractivity contribution in [2.75, 3.05) is 20.3 Å². The van der Waals surface area contributed by atoms with Gasteiger partial charge in [0.15, 0.2) is 0 Å². The zero-order chi connectivity index (χ0) is 4.12. The lowest BCUT2D eigenvalue weighted by Crippen LogP contribution is -2.08. The van der Waals surface area contributed by atoms with Crippen LogP contribution >= 0.6 is 0 Å². The Morgan fingerprint density at radius 1 is 1.80 bits per heavy atom. The summed E-state index contributed by atoms with van der Waals surface area (Å²) in [5, 5.41) is 2.64. The summed E-state index contributed by atoms with van der Waals surface area (Å²) in [6.07, 6.45) is 0. The Hall–Kier alpha value is -0.110. The van der Waals surface area contributed by atoms with Gasteiger partial charge in [0.25, 0.3) is 0 Å². The second-order valence-electron chi connectivity index (χ2n) is 0.793. The molecule has 0 aromatic carbocycles. The van der Waals surface area contributed by atoms with Crippen LogP contribution in [0.2, 0.25) is 0 Å². The number of alkyl halides is 1. The van der Waals surface area contributed by atoms with Crippen LogP contribution in [0.5, 0.6) is 0 Å². The first kappa shape index (κ1) is 4.89. The van der Waals surface area contributed by atoms with Gasteiger partial charge in [0.05, 0.1) is 0 Å². The number of hydrogen-bond donors (Lipinski definition) is 1. The normalized spacial score (nSPS) is 8.40. The van der Waals surface area contributed by atoms with Crippen molar-refractivity contribution in [2.24, 2.45) is 0 Å². The van der Waals surface area contributed by atoms with Crippen LogP contribution in [0.1, 0.15) is 0 Å². The minimum Gasteiger partial charge on any atom is -0.317 e. The third-order valence-electron chi connectivity index (χ3n) is 0.344. The van der Waals surface area contributed by atoms with Crippen molar-refractivity contribution < 1.29 is 4.39 Å². The highest BCUT2D eigenvalue weighted by Gasteiger charge is 1.68. The van der Waals surface area contributed by atoms with Gasteiger partial charge < -0.3 is 5.32 Å². The maximum Gasteiger partial charge on any atom is 0.102 e. The summed E-state index contributed by atoms with van der Waals surface area (Å²) < 4.78 is 10.9. The van der Waals surface area contributed by atoms with Crippen molar-refractivity contribution in [1.82, 2.24) is 5.32 Å². The Kier molecular flexibility index (Phi) is 3.80. The van der Waals surface area contributed by atoms with E-state index in [9.17, 15) is 4.39 Å². The Morgan fingerprint density at radius 2 is 2.40 bits per heavy atom. The second kappa shape index (κ2) is 3.89. The van der Waals surface area contributed by atoms with Crippen LogP contribution in [0.15, 0.2) is 0 Å². The van der Waals surface area contributed by atoms with Crippen LogP contribution in [-0.4, -0.2) is 20.3 Å².